The van der Waals surface area contributed by atoms with E-state index in [-0.39, 0.29) is 6.10 Å². The van der Waals surface area contributed by atoms with Crippen molar-refractivity contribution < 1.29 is 4.74 Å². The van der Waals surface area contributed by atoms with Crippen molar-refractivity contribution in [1.29, 1.82) is 0 Å². The van der Waals surface area contributed by atoms with Gasteiger partial charge in [0, 0.05) is 31.6 Å². The van der Waals surface area contributed by atoms with Crippen LogP contribution in [0.25, 0.3) is 0 Å². The largest absolute Gasteiger partial charge is 0.377 e. The van der Waals surface area contributed by atoms with Gasteiger partial charge in [0.15, 0.2) is 0 Å². The molecule has 0 fully saturated rings. The number of anilines is 2. The van der Waals surface area contributed by atoms with E-state index in [1.807, 2.05) is 0 Å². The first-order valence-corrected chi connectivity index (χ1v) is 7.81. The third kappa shape index (κ3) is 5.16. The lowest BCUT2D eigenvalue weighted by Crippen LogP contribution is -2.26. The van der Waals surface area contributed by atoms with Crippen LogP contribution in [0, 0.1) is 6.92 Å². The molecule has 0 unspecified atom stereocenters. The number of hydrogen-bond donors (Lipinski definition) is 1. The molecule has 5 heteroatoms. The van der Waals surface area contributed by atoms with Crippen molar-refractivity contribution in [1.82, 2.24) is 9.97 Å². The molecule has 0 aromatic carbocycles. The van der Waals surface area contributed by atoms with Gasteiger partial charge >= 0.3 is 0 Å². The molecule has 0 saturated carbocycles. The van der Waals surface area contributed by atoms with Gasteiger partial charge < -0.3 is 15.0 Å². The van der Waals surface area contributed by atoms with Gasteiger partial charge in [-0.15, -0.1) is 0 Å². The highest BCUT2D eigenvalue weighted by Gasteiger charge is 2.15. The molecule has 0 atom stereocenters. The first kappa shape index (κ1) is 17.7. The van der Waals surface area contributed by atoms with Crippen LogP contribution in [0.5, 0.6) is 0 Å². The van der Waals surface area contributed by atoms with Crippen molar-refractivity contribution in [2.24, 2.45) is 0 Å². The Morgan fingerprint density at radius 2 is 1.86 bits per heavy atom. The van der Waals surface area contributed by atoms with Crippen LogP contribution in [-0.4, -0.2) is 42.8 Å². The molecule has 21 heavy (non-hydrogen) atoms. The lowest BCUT2D eigenvalue weighted by atomic mass is 10.2. The van der Waals surface area contributed by atoms with Crippen molar-refractivity contribution in [2.45, 2.75) is 53.6 Å². The predicted molar refractivity (Wildman–Crippen MR) is 89.4 cm³/mol. The molecule has 1 aromatic rings. The second kappa shape index (κ2) is 8.17. The zero-order valence-electron chi connectivity index (χ0n) is 14.5. The third-order valence-corrected chi connectivity index (χ3v) is 3.24. The Hall–Kier alpha value is -1.36. The summed E-state index contributed by atoms with van der Waals surface area (Å²) in [5.74, 6) is 3.10. The molecule has 0 aliphatic rings. The lowest BCUT2D eigenvalue weighted by Gasteiger charge is -2.23. The van der Waals surface area contributed by atoms with Gasteiger partial charge in [-0.05, 0) is 27.7 Å². The summed E-state index contributed by atoms with van der Waals surface area (Å²) in [6.45, 7) is 14.9. The van der Waals surface area contributed by atoms with E-state index in [0.29, 0.717) is 12.5 Å². The van der Waals surface area contributed by atoms with Gasteiger partial charge in [0.2, 0.25) is 0 Å². The summed E-state index contributed by atoms with van der Waals surface area (Å²) in [5, 5.41) is 3.33. The smallest absolute Gasteiger partial charge is 0.137 e. The van der Waals surface area contributed by atoms with Crippen LogP contribution in [0.3, 0.4) is 0 Å². The maximum atomic E-state index is 5.63. The van der Waals surface area contributed by atoms with E-state index in [1.54, 1.807) is 0 Å². The number of nitrogens with zero attached hydrogens (tertiary/aromatic N) is 3. The fourth-order valence-electron chi connectivity index (χ4n) is 2.02. The Morgan fingerprint density at radius 1 is 1.19 bits per heavy atom. The monoisotopic (exact) mass is 294 g/mol. The zero-order valence-corrected chi connectivity index (χ0v) is 14.5. The molecule has 0 aliphatic heterocycles. The molecule has 0 aliphatic carbocycles. The summed E-state index contributed by atoms with van der Waals surface area (Å²) in [6, 6.07) is 0. The topological polar surface area (TPSA) is 50.3 Å². The van der Waals surface area contributed by atoms with Crippen LogP contribution in [0.1, 0.15) is 51.9 Å². The molecule has 1 heterocycles. The molecule has 1 N–H and O–H groups in total. The fraction of sp³-hybridized carbons (Fsp3) is 0.750. The molecule has 0 bridgehead atoms. The second-order valence-electron chi connectivity index (χ2n) is 5.91. The lowest BCUT2D eigenvalue weighted by molar-refractivity contribution is 0.0845. The zero-order chi connectivity index (χ0) is 16.0. The van der Waals surface area contributed by atoms with Gasteiger partial charge in [-0.2, -0.15) is 0 Å². The number of likely N-dealkylation sites (N-methyl/N-ethyl adjacent to an activating group) is 1. The average Bonchev–Trinajstić information content (AvgIpc) is 2.40. The molecule has 5 nitrogen and oxygen atoms in total. The van der Waals surface area contributed by atoms with Crippen LogP contribution >= 0.6 is 0 Å². The van der Waals surface area contributed by atoms with Crippen LogP contribution in [0.15, 0.2) is 0 Å². The molecule has 0 radical (unpaired) electrons. The van der Waals surface area contributed by atoms with Gasteiger partial charge in [0.1, 0.15) is 17.5 Å². The molecule has 1 aromatic heterocycles. The maximum absolute atomic E-state index is 5.63. The van der Waals surface area contributed by atoms with Crippen LogP contribution in [-0.2, 0) is 4.74 Å². The Labute approximate surface area is 129 Å². The summed E-state index contributed by atoms with van der Waals surface area (Å²) < 4.78 is 5.63. The number of nitrogens with one attached hydrogen (secondary N) is 1. The Kier molecular flexibility index (Phi) is 6.89. The van der Waals surface area contributed by atoms with Gasteiger partial charge in [0.05, 0.1) is 12.7 Å². The van der Waals surface area contributed by atoms with Crippen LogP contribution in [0.4, 0.5) is 11.6 Å². The van der Waals surface area contributed by atoms with Crippen molar-refractivity contribution >= 4 is 11.6 Å². The second-order valence-corrected chi connectivity index (χ2v) is 5.91. The van der Waals surface area contributed by atoms with Gasteiger partial charge in [0.25, 0.3) is 0 Å². The van der Waals surface area contributed by atoms with E-state index in [4.69, 9.17) is 9.72 Å². The SMILES string of the molecule is CCNc1nc(C(C)C)nc(N(C)CCOC(C)C)c1C. The number of ether oxygens (including phenoxy) is 1. The van der Waals surface area contributed by atoms with E-state index < -0.39 is 0 Å². The van der Waals surface area contributed by atoms with Crippen molar-refractivity contribution in [3.8, 4) is 0 Å². The molecule has 0 saturated heterocycles. The van der Waals surface area contributed by atoms with E-state index in [9.17, 15) is 0 Å². The minimum atomic E-state index is 0.258. The van der Waals surface area contributed by atoms with E-state index in [2.05, 4.69) is 63.8 Å². The molecule has 0 amide bonds. The van der Waals surface area contributed by atoms with Crippen molar-refractivity contribution in [3.05, 3.63) is 11.4 Å². The molecule has 120 valence electrons. The highest BCUT2D eigenvalue weighted by atomic mass is 16.5. The molecular formula is C16H30N4O. The Morgan fingerprint density at radius 3 is 2.38 bits per heavy atom. The summed E-state index contributed by atoms with van der Waals surface area (Å²) in [6.07, 6.45) is 0.258. The maximum Gasteiger partial charge on any atom is 0.137 e. The van der Waals surface area contributed by atoms with Crippen molar-refractivity contribution in [3.63, 3.8) is 0 Å². The summed E-state index contributed by atoms with van der Waals surface area (Å²) >= 11 is 0. The first-order valence-electron chi connectivity index (χ1n) is 7.81. The molecule has 0 spiro atoms. The number of hydrogen-bond acceptors (Lipinski definition) is 5. The minimum Gasteiger partial charge on any atom is -0.377 e. The van der Waals surface area contributed by atoms with Gasteiger partial charge in [-0.1, -0.05) is 13.8 Å². The summed E-state index contributed by atoms with van der Waals surface area (Å²) in [5.41, 5.74) is 1.09. The normalized spacial score (nSPS) is 11.3. The average molecular weight is 294 g/mol. The first-order chi connectivity index (χ1) is 9.86. The standard InChI is InChI=1S/C16H30N4O/c1-8-17-15-13(6)16(19-14(18-15)11(2)3)20(7)9-10-21-12(4)5/h11-12H,8-10H2,1-7H3,(H,17,18,19). The summed E-state index contributed by atoms with van der Waals surface area (Å²) in [4.78, 5) is 11.5. The Bertz CT molecular complexity index is 446. The molecular weight excluding hydrogens is 264 g/mol. The van der Waals surface area contributed by atoms with E-state index in [1.165, 1.54) is 0 Å². The van der Waals surface area contributed by atoms with E-state index in [0.717, 1.165) is 36.1 Å². The fourth-order valence-corrected chi connectivity index (χ4v) is 2.02. The quantitative estimate of drug-likeness (QED) is 0.798. The van der Waals surface area contributed by atoms with Gasteiger partial charge in [-0.3, -0.25) is 0 Å². The minimum absolute atomic E-state index is 0.258. The predicted octanol–water partition coefficient (Wildman–Crippen LogP) is 3.20. The van der Waals surface area contributed by atoms with Crippen LogP contribution in [0.2, 0.25) is 0 Å². The molecule has 1 rings (SSSR count). The Balaban J connectivity index is 2.97. The third-order valence-electron chi connectivity index (χ3n) is 3.24. The number of rotatable bonds is 8. The highest BCUT2D eigenvalue weighted by molar-refractivity contribution is 5.58. The highest BCUT2D eigenvalue weighted by Crippen LogP contribution is 2.25. The van der Waals surface area contributed by atoms with Crippen molar-refractivity contribution in [2.75, 3.05) is 37.0 Å². The van der Waals surface area contributed by atoms with Gasteiger partial charge in [-0.25, -0.2) is 9.97 Å². The summed E-state index contributed by atoms with van der Waals surface area (Å²) in [7, 11) is 2.05. The number of aromatic nitrogens is 2. The van der Waals surface area contributed by atoms with E-state index >= 15 is 0 Å². The van der Waals surface area contributed by atoms with Crippen LogP contribution < -0.4 is 10.2 Å².